The highest BCUT2D eigenvalue weighted by Gasteiger charge is 2.25. The predicted octanol–water partition coefficient (Wildman–Crippen LogP) is 1.43. The van der Waals surface area contributed by atoms with Crippen LogP contribution in [0.1, 0.15) is 22.5 Å². The van der Waals surface area contributed by atoms with Gasteiger partial charge in [0, 0.05) is 19.0 Å². The lowest BCUT2D eigenvalue weighted by atomic mass is 9.97. The van der Waals surface area contributed by atoms with Crippen LogP contribution in [-0.4, -0.2) is 42.1 Å². The van der Waals surface area contributed by atoms with Crippen molar-refractivity contribution in [2.24, 2.45) is 11.7 Å². The molecule has 3 N–H and O–H groups in total. The number of thiophene rings is 1. The molecule has 1 saturated heterocycles. The number of primary amides is 1. The third-order valence-electron chi connectivity index (χ3n) is 3.46. The lowest BCUT2D eigenvalue weighted by Crippen LogP contribution is -2.43. The SMILES string of the molecule is COC(=O)c1sccc1NC(=S)N1CCC(C(N)=O)CC1. The van der Waals surface area contributed by atoms with Crippen LogP contribution in [0.25, 0.3) is 0 Å². The summed E-state index contributed by atoms with van der Waals surface area (Å²) in [7, 11) is 1.35. The number of amides is 1. The van der Waals surface area contributed by atoms with E-state index in [-0.39, 0.29) is 17.8 Å². The van der Waals surface area contributed by atoms with Gasteiger partial charge in [-0.15, -0.1) is 11.3 Å². The van der Waals surface area contributed by atoms with Gasteiger partial charge in [-0.2, -0.15) is 0 Å². The number of hydrogen-bond donors (Lipinski definition) is 2. The number of nitrogens with two attached hydrogens (primary N) is 1. The Kier molecular flexibility index (Phi) is 5.13. The summed E-state index contributed by atoms with van der Waals surface area (Å²) in [5.74, 6) is -0.710. The number of nitrogens with zero attached hydrogens (tertiary/aromatic N) is 1. The Morgan fingerprint density at radius 2 is 2.14 bits per heavy atom. The number of hydrogen-bond acceptors (Lipinski definition) is 5. The number of carbonyl (C=O) groups excluding carboxylic acids is 2. The van der Waals surface area contributed by atoms with E-state index in [4.69, 9.17) is 22.7 Å². The molecule has 0 spiro atoms. The molecule has 1 aromatic heterocycles. The molecule has 2 rings (SSSR count). The van der Waals surface area contributed by atoms with Gasteiger partial charge in [-0.05, 0) is 36.5 Å². The quantitative estimate of drug-likeness (QED) is 0.645. The lowest BCUT2D eigenvalue weighted by Gasteiger charge is -2.32. The average molecular weight is 327 g/mol. The highest BCUT2D eigenvalue weighted by Crippen LogP contribution is 2.24. The summed E-state index contributed by atoms with van der Waals surface area (Å²) >= 11 is 6.66. The summed E-state index contributed by atoms with van der Waals surface area (Å²) in [6.07, 6.45) is 1.40. The first kappa shape index (κ1) is 15.7. The van der Waals surface area contributed by atoms with Crippen LogP contribution in [0.4, 0.5) is 5.69 Å². The highest BCUT2D eigenvalue weighted by atomic mass is 32.1. The molecular weight excluding hydrogens is 310 g/mol. The normalized spacial score (nSPS) is 15.6. The third kappa shape index (κ3) is 3.70. The van der Waals surface area contributed by atoms with Gasteiger partial charge >= 0.3 is 5.97 Å². The van der Waals surface area contributed by atoms with E-state index in [0.717, 1.165) is 0 Å². The first-order valence-electron chi connectivity index (χ1n) is 6.54. The van der Waals surface area contributed by atoms with Crippen LogP contribution in [0.3, 0.4) is 0 Å². The van der Waals surface area contributed by atoms with E-state index in [2.05, 4.69) is 5.32 Å². The van der Waals surface area contributed by atoms with E-state index in [1.54, 1.807) is 11.4 Å². The Morgan fingerprint density at radius 3 is 2.71 bits per heavy atom. The molecule has 0 aliphatic carbocycles. The van der Waals surface area contributed by atoms with E-state index in [0.29, 0.717) is 41.6 Å². The van der Waals surface area contributed by atoms with Crippen molar-refractivity contribution >= 4 is 46.2 Å². The number of carbonyl (C=O) groups is 2. The topological polar surface area (TPSA) is 84.7 Å². The molecule has 0 unspecified atom stereocenters. The molecule has 6 nitrogen and oxygen atoms in total. The summed E-state index contributed by atoms with van der Waals surface area (Å²) < 4.78 is 4.73. The second kappa shape index (κ2) is 6.86. The van der Waals surface area contributed by atoms with Gasteiger partial charge in [-0.1, -0.05) is 0 Å². The fourth-order valence-electron chi connectivity index (χ4n) is 2.22. The summed E-state index contributed by atoms with van der Waals surface area (Å²) in [6, 6.07) is 1.79. The van der Waals surface area contributed by atoms with Crippen LogP contribution in [-0.2, 0) is 9.53 Å². The molecule has 0 radical (unpaired) electrons. The van der Waals surface area contributed by atoms with Gasteiger partial charge in [0.1, 0.15) is 4.88 Å². The second-order valence-corrected chi connectivity index (χ2v) is 6.05. The van der Waals surface area contributed by atoms with E-state index in [1.807, 2.05) is 4.90 Å². The monoisotopic (exact) mass is 327 g/mol. The van der Waals surface area contributed by atoms with Crippen LogP contribution >= 0.6 is 23.6 Å². The molecule has 1 aliphatic heterocycles. The predicted molar refractivity (Wildman–Crippen MR) is 85.4 cm³/mol. The minimum Gasteiger partial charge on any atom is -0.465 e. The van der Waals surface area contributed by atoms with Crippen molar-refractivity contribution in [2.75, 3.05) is 25.5 Å². The number of piperidine rings is 1. The number of ether oxygens (including phenoxy) is 1. The molecule has 0 atom stereocenters. The van der Waals surface area contributed by atoms with Crippen molar-refractivity contribution in [1.29, 1.82) is 0 Å². The molecule has 1 aromatic rings. The Morgan fingerprint density at radius 1 is 1.48 bits per heavy atom. The molecule has 8 heteroatoms. The zero-order valence-electron chi connectivity index (χ0n) is 11.6. The van der Waals surface area contributed by atoms with Crippen LogP contribution in [0.5, 0.6) is 0 Å². The van der Waals surface area contributed by atoms with Gasteiger partial charge in [0.2, 0.25) is 5.91 Å². The number of rotatable bonds is 3. The van der Waals surface area contributed by atoms with E-state index >= 15 is 0 Å². The van der Waals surface area contributed by atoms with Gasteiger partial charge in [0.05, 0.1) is 12.8 Å². The fourth-order valence-corrected chi connectivity index (χ4v) is 3.28. The summed E-state index contributed by atoms with van der Waals surface area (Å²) in [5, 5.41) is 5.42. The molecule has 0 bridgehead atoms. The summed E-state index contributed by atoms with van der Waals surface area (Å²) in [6.45, 7) is 1.36. The Hall–Kier alpha value is -1.67. The third-order valence-corrected chi connectivity index (χ3v) is 4.72. The minimum atomic E-state index is -0.386. The van der Waals surface area contributed by atoms with Crippen LogP contribution < -0.4 is 11.1 Å². The molecule has 114 valence electrons. The van der Waals surface area contributed by atoms with Gasteiger partial charge in [0.25, 0.3) is 0 Å². The van der Waals surface area contributed by atoms with Gasteiger partial charge in [-0.25, -0.2) is 4.79 Å². The van der Waals surface area contributed by atoms with Crippen molar-refractivity contribution < 1.29 is 14.3 Å². The Balaban J connectivity index is 1.95. The van der Waals surface area contributed by atoms with Crippen molar-refractivity contribution in [3.63, 3.8) is 0 Å². The van der Waals surface area contributed by atoms with Crippen LogP contribution in [0.2, 0.25) is 0 Å². The molecule has 21 heavy (non-hydrogen) atoms. The van der Waals surface area contributed by atoms with Crippen LogP contribution in [0.15, 0.2) is 11.4 Å². The zero-order valence-corrected chi connectivity index (χ0v) is 13.3. The van der Waals surface area contributed by atoms with Gasteiger partial charge < -0.3 is 20.7 Å². The molecule has 1 fully saturated rings. The fraction of sp³-hybridized carbons (Fsp3) is 0.462. The van der Waals surface area contributed by atoms with Crippen LogP contribution in [0, 0.1) is 5.92 Å². The molecule has 1 aliphatic rings. The first-order valence-corrected chi connectivity index (χ1v) is 7.82. The number of likely N-dealkylation sites (tertiary alicyclic amines) is 1. The minimum absolute atomic E-state index is 0.0733. The Bertz CT molecular complexity index is 551. The second-order valence-electron chi connectivity index (χ2n) is 4.75. The Labute approximate surface area is 132 Å². The maximum atomic E-state index is 11.6. The smallest absolute Gasteiger partial charge is 0.350 e. The van der Waals surface area contributed by atoms with E-state index < -0.39 is 0 Å². The summed E-state index contributed by atoms with van der Waals surface area (Å²) in [5.41, 5.74) is 5.96. The highest BCUT2D eigenvalue weighted by molar-refractivity contribution is 7.80. The van der Waals surface area contributed by atoms with Gasteiger partial charge in [0.15, 0.2) is 5.11 Å². The van der Waals surface area contributed by atoms with Crippen molar-refractivity contribution in [1.82, 2.24) is 4.90 Å². The molecular formula is C13H17N3O3S2. The standard InChI is InChI=1S/C13H17N3O3S2/c1-19-12(18)10-9(4-7-21-10)15-13(20)16-5-2-8(3-6-16)11(14)17/h4,7-8H,2-3,5-6H2,1H3,(H2,14,17)(H,15,20). The first-order chi connectivity index (χ1) is 10.0. The number of anilines is 1. The molecule has 2 heterocycles. The maximum Gasteiger partial charge on any atom is 0.350 e. The number of esters is 1. The average Bonchev–Trinajstić information content (AvgIpc) is 2.94. The number of nitrogens with one attached hydrogen (secondary N) is 1. The molecule has 1 amide bonds. The van der Waals surface area contributed by atoms with Crippen molar-refractivity contribution in [2.45, 2.75) is 12.8 Å². The summed E-state index contributed by atoms with van der Waals surface area (Å²) in [4.78, 5) is 25.2. The van der Waals surface area contributed by atoms with E-state index in [1.165, 1.54) is 18.4 Å². The number of methoxy groups -OCH3 is 1. The number of thiocarbonyl (C=S) groups is 1. The van der Waals surface area contributed by atoms with Gasteiger partial charge in [-0.3, -0.25) is 4.79 Å². The molecule has 0 aromatic carbocycles. The lowest BCUT2D eigenvalue weighted by molar-refractivity contribution is -0.122. The molecule has 0 saturated carbocycles. The zero-order chi connectivity index (χ0) is 15.4. The maximum absolute atomic E-state index is 11.6. The largest absolute Gasteiger partial charge is 0.465 e. The van der Waals surface area contributed by atoms with E-state index in [9.17, 15) is 9.59 Å². The van der Waals surface area contributed by atoms with Crippen molar-refractivity contribution in [3.05, 3.63) is 16.3 Å². The van der Waals surface area contributed by atoms with Crippen molar-refractivity contribution in [3.8, 4) is 0 Å².